The highest BCUT2D eigenvalue weighted by molar-refractivity contribution is 5.98. The van der Waals surface area contributed by atoms with Crippen LogP contribution in [0.1, 0.15) is 36.8 Å². The van der Waals surface area contributed by atoms with Gasteiger partial charge in [0, 0.05) is 31.8 Å². The minimum Gasteiger partial charge on any atom is -0.342 e. The first-order valence-electron chi connectivity index (χ1n) is 8.73. The predicted molar refractivity (Wildman–Crippen MR) is 88.0 cm³/mol. The summed E-state index contributed by atoms with van der Waals surface area (Å²) in [5, 5.41) is 2.38. The summed E-state index contributed by atoms with van der Waals surface area (Å²) < 4.78 is 0. The van der Waals surface area contributed by atoms with Crippen molar-refractivity contribution in [1.82, 2.24) is 10.2 Å². The van der Waals surface area contributed by atoms with Gasteiger partial charge in [-0.3, -0.25) is 19.7 Å². The van der Waals surface area contributed by atoms with Crippen LogP contribution in [-0.2, 0) is 27.2 Å². The molecule has 4 rings (SSSR count). The fourth-order valence-electron chi connectivity index (χ4n) is 4.53. The molecule has 2 heterocycles. The molecule has 126 valence electrons. The summed E-state index contributed by atoms with van der Waals surface area (Å²) in [6, 6.07) is 8.28. The largest absolute Gasteiger partial charge is 0.342 e. The Kier molecular flexibility index (Phi) is 3.66. The second kappa shape index (κ2) is 5.72. The summed E-state index contributed by atoms with van der Waals surface area (Å²) in [6.07, 6.45) is 3.98. The number of amides is 3. The van der Waals surface area contributed by atoms with Crippen LogP contribution in [0.25, 0.3) is 0 Å². The number of likely N-dealkylation sites (tertiary alicyclic amines) is 1. The Balaban J connectivity index is 1.39. The minimum atomic E-state index is -0.227. The van der Waals surface area contributed by atoms with Crippen molar-refractivity contribution in [2.24, 2.45) is 11.3 Å². The van der Waals surface area contributed by atoms with E-state index in [4.69, 9.17) is 0 Å². The summed E-state index contributed by atoms with van der Waals surface area (Å²) in [5.41, 5.74) is 2.35. The fraction of sp³-hybridized carbons (Fsp3) is 0.526. The SMILES string of the molecule is O=C1CC2(CCN(C(=O)C3Cc4ccccc4C3)CC2)CC(=O)N1. The number of benzene rings is 1. The van der Waals surface area contributed by atoms with Crippen molar-refractivity contribution in [3.8, 4) is 0 Å². The van der Waals surface area contributed by atoms with E-state index in [0.717, 1.165) is 25.7 Å². The van der Waals surface area contributed by atoms with Crippen LogP contribution in [0.15, 0.2) is 24.3 Å². The number of nitrogens with one attached hydrogen (secondary N) is 1. The van der Waals surface area contributed by atoms with Crippen molar-refractivity contribution in [2.75, 3.05) is 13.1 Å². The van der Waals surface area contributed by atoms with Crippen molar-refractivity contribution in [2.45, 2.75) is 38.5 Å². The third kappa shape index (κ3) is 2.72. The van der Waals surface area contributed by atoms with Crippen LogP contribution in [0.2, 0.25) is 0 Å². The Bertz CT molecular complexity index is 661. The minimum absolute atomic E-state index is 0.0488. The number of rotatable bonds is 1. The van der Waals surface area contributed by atoms with E-state index in [1.165, 1.54) is 11.1 Å². The molecule has 0 radical (unpaired) electrons. The molecule has 3 amide bonds. The van der Waals surface area contributed by atoms with E-state index in [0.29, 0.717) is 25.9 Å². The monoisotopic (exact) mass is 326 g/mol. The first-order valence-corrected chi connectivity index (χ1v) is 8.73. The third-order valence-corrected chi connectivity index (χ3v) is 5.89. The second-order valence-corrected chi connectivity index (χ2v) is 7.52. The predicted octanol–water partition coefficient (Wildman–Crippen LogP) is 1.45. The molecule has 5 nitrogen and oxygen atoms in total. The van der Waals surface area contributed by atoms with Gasteiger partial charge in [-0.1, -0.05) is 24.3 Å². The summed E-state index contributed by atoms with van der Waals surface area (Å²) in [4.78, 5) is 38.2. The zero-order valence-electron chi connectivity index (χ0n) is 13.7. The molecule has 2 aliphatic heterocycles. The zero-order chi connectivity index (χ0) is 16.7. The Morgan fingerprint density at radius 2 is 1.54 bits per heavy atom. The molecule has 24 heavy (non-hydrogen) atoms. The van der Waals surface area contributed by atoms with E-state index in [1.807, 2.05) is 17.0 Å². The van der Waals surface area contributed by atoms with Crippen LogP contribution in [-0.4, -0.2) is 35.7 Å². The smallest absolute Gasteiger partial charge is 0.227 e. The van der Waals surface area contributed by atoms with Gasteiger partial charge >= 0.3 is 0 Å². The molecular weight excluding hydrogens is 304 g/mol. The third-order valence-electron chi connectivity index (χ3n) is 5.89. The summed E-state index contributed by atoms with van der Waals surface area (Å²) in [7, 11) is 0. The van der Waals surface area contributed by atoms with Crippen LogP contribution in [0.4, 0.5) is 0 Å². The number of carbonyl (C=O) groups is 3. The molecule has 0 aromatic heterocycles. The molecule has 1 aromatic rings. The van der Waals surface area contributed by atoms with E-state index < -0.39 is 0 Å². The lowest BCUT2D eigenvalue weighted by atomic mass is 9.71. The van der Waals surface area contributed by atoms with E-state index in [1.54, 1.807) is 0 Å². The molecule has 1 N–H and O–H groups in total. The molecule has 0 atom stereocenters. The summed E-state index contributed by atoms with van der Waals surface area (Å²) in [5.74, 6) is -0.0603. The Morgan fingerprint density at radius 3 is 2.08 bits per heavy atom. The molecule has 5 heteroatoms. The molecule has 0 unspecified atom stereocenters. The standard InChI is InChI=1S/C19H22N2O3/c22-16-11-19(12-17(23)20-16)5-7-21(8-6-19)18(24)15-9-13-3-1-2-4-14(13)10-15/h1-4,15H,5-12H2,(H,20,22,23). The first kappa shape index (κ1) is 15.4. The van der Waals surface area contributed by atoms with E-state index in [2.05, 4.69) is 17.4 Å². The van der Waals surface area contributed by atoms with Crippen molar-refractivity contribution in [3.63, 3.8) is 0 Å². The van der Waals surface area contributed by atoms with Gasteiger partial charge in [0.05, 0.1) is 0 Å². The average Bonchev–Trinajstić information content (AvgIpc) is 2.98. The lowest BCUT2D eigenvalue weighted by Gasteiger charge is -2.43. The van der Waals surface area contributed by atoms with Crippen LogP contribution in [0.3, 0.4) is 0 Å². The van der Waals surface area contributed by atoms with E-state index in [9.17, 15) is 14.4 Å². The molecule has 1 aliphatic carbocycles. The summed E-state index contributed by atoms with van der Waals surface area (Å²) >= 11 is 0. The maximum absolute atomic E-state index is 12.8. The van der Waals surface area contributed by atoms with Crippen molar-refractivity contribution >= 4 is 17.7 Å². The number of hydrogen-bond acceptors (Lipinski definition) is 3. The fourth-order valence-corrected chi connectivity index (χ4v) is 4.53. The highest BCUT2D eigenvalue weighted by atomic mass is 16.2. The lowest BCUT2D eigenvalue weighted by molar-refractivity contribution is -0.142. The topological polar surface area (TPSA) is 66.5 Å². The van der Waals surface area contributed by atoms with Crippen molar-refractivity contribution < 1.29 is 14.4 Å². The normalized spacial score (nSPS) is 23.2. The number of fused-ring (bicyclic) bond motifs is 1. The maximum atomic E-state index is 12.8. The number of nitrogens with zero attached hydrogens (tertiary/aromatic N) is 1. The van der Waals surface area contributed by atoms with Crippen LogP contribution in [0.5, 0.6) is 0 Å². The van der Waals surface area contributed by atoms with Crippen LogP contribution < -0.4 is 5.32 Å². The number of imide groups is 1. The molecule has 1 spiro atoms. The lowest BCUT2D eigenvalue weighted by Crippen LogP contribution is -2.51. The Hall–Kier alpha value is -2.17. The molecule has 0 saturated carbocycles. The molecular formula is C19H22N2O3. The quantitative estimate of drug-likeness (QED) is 0.794. The van der Waals surface area contributed by atoms with Crippen molar-refractivity contribution in [3.05, 3.63) is 35.4 Å². The average molecular weight is 326 g/mol. The highest BCUT2D eigenvalue weighted by Crippen LogP contribution is 2.41. The second-order valence-electron chi connectivity index (χ2n) is 7.52. The highest BCUT2D eigenvalue weighted by Gasteiger charge is 2.43. The van der Waals surface area contributed by atoms with Gasteiger partial charge < -0.3 is 4.90 Å². The maximum Gasteiger partial charge on any atom is 0.227 e. The molecule has 1 aromatic carbocycles. The molecule has 2 fully saturated rings. The number of carbonyl (C=O) groups excluding carboxylic acids is 3. The van der Waals surface area contributed by atoms with Crippen LogP contribution in [0, 0.1) is 11.3 Å². The Morgan fingerprint density at radius 1 is 1.00 bits per heavy atom. The zero-order valence-corrected chi connectivity index (χ0v) is 13.7. The van der Waals surface area contributed by atoms with Gasteiger partial charge in [-0.15, -0.1) is 0 Å². The number of hydrogen-bond donors (Lipinski definition) is 1. The molecule has 3 aliphatic rings. The van der Waals surface area contributed by atoms with Gasteiger partial charge in [-0.05, 0) is 42.2 Å². The molecule has 2 saturated heterocycles. The Labute approximate surface area is 141 Å². The van der Waals surface area contributed by atoms with Gasteiger partial charge in [0.25, 0.3) is 0 Å². The van der Waals surface area contributed by atoms with E-state index >= 15 is 0 Å². The van der Waals surface area contributed by atoms with Gasteiger partial charge in [-0.25, -0.2) is 0 Å². The summed E-state index contributed by atoms with van der Waals surface area (Å²) in [6.45, 7) is 1.32. The van der Waals surface area contributed by atoms with Gasteiger partial charge in [0.1, 0.15) is 0 Å². The van der Waals surface area contributed by atoms with Gasteiger partial charge in [-0.2, -0.15) is 0 Å². The number of piperidine rings is 2. The van der Waals surface area contributed by atoms with Crippen molar-refractivity contribution in [1.29, 1.82) is 0 Å². The van der Waals surface area contributed by atoms with E-state index in [-0.39, 0.29) is 29.1 Å². The van der Waals surface area contributed by atoms with Gasteiger partial charge in [0.2, 0.25) is 17.7 Å². The van der Waals surface area contributed by atoms with Gasteiger partial charge in [0.15, 0.2) is 0 Å². The molecule has 0 bridgehead atoms. The van der Waals surface area contributed by atoms with Crippen LogP contribution >= 0.6 is 0 Å². The first-order chi connectivity index (χ1) is 11.5.